The van der Waals surface area contributed by atoms with Crippen LogP contribution in [0.3, 0.4) is 0 Å². The molecular weight excluding hydrogens is 478 g/mol. The molecule has 0 aliphatic heterocycles. The Kier molecular flexibility index (Phi) is 6.20. The number of aryl methyl sites for hydroxylation is 1. The molecule has 1 N–H and O–H groups in total. The van der Waals surface area contributed by atoms with Crippen LogP contribution in [0.25, 0.3) is 0 Å². The first-order chi connectivity index (χ1) is 15.2. The van der Waals surface area contributed by atoms with Crippen LogP contribution in [0, 0.1) is 24.4 Å². The van der Waals surface area contributed by atoms with Gasteiger partial charge in [-0.05, 0) is 48.4 Å². The first-order valence-electron chi connectivity index (χ1n) is 8.85. The zero-order chi connectivity index (χ0) is 24.7. The van der Waals surface area contributed by atoms with Gasteiger partial charge in [-0.2, -0.15) is 13.2 Å². The van der Waals surface area contributed by atoms with E-state index in [0.717, 1.165) is 12.3 Å². The first-order valence-corrected chi connectivity index (χ1v) is 10.4. The fourth-order valence-corrected chi connectivity index (χ4v) is 4.91. The highest BCUT2D eigenvalue weighted by Crippen LogP contribution is 2.40. The average Bonchev–Trinajstić information content (AvgIpc) is 2.73. The molecule has 0 spiro atoms. The highest BCUT2D eigenvalue weighted by atomic mass is 32.2. The second-order valence-electron chi connectivity index (χ2n) is 6.79. The summed E-state index contributed by atoms with van der Waals surface area (Å²) < 4.78 is 108. The molecule has 33 heavy (non-hydrogen) atoms. The Morgan fingerprint density at radius 1 is 1.00 bits per heavy atom. The summed E-state index contributed by atoms with van der Waals surface area (Å²) in [4.78, 5) is 16.9. The summed E-state index contributed by atoms with van der Waals surface area (Å²) in [5.74, 6) is -6.35. The van der Waals surface area contributed by atoms with Gasteiger partial charge in [-0.15, -0.1) is 0 Å². The lowest BCUT2D eigenvalue weighted by Crippen LogP contribution is -2.21. The molecule has 0 saturated carbocycles. The van der Waals surface area contributed by atoms with Gasteiger partial charge in [0.05, 0.1) is 4.90 Å². The normalized spacial score (nSPS) is 13.1. The smallest absolute Gasteiger partial charge is 0.433 e. The van der Waals surface area contributed by atoms with Crippen molar-refractivity contribution < 1.29 is 44.7 Å². The van der Waals surface area contributed by atoms with Crippen molar-refractivity contribution in [3.05, 3.63) is 88.3 Å². The fourth-order valence-electron chi connectivity index (χ4n) is 3.07. The van der Waals surface area contributed by atoms with Gasteiger partial charge >= 0.3 is 12.1 Å². The van der Waals surface area contributed by atoms with E-state index in [-0.39, 0.29) is 5.56 Å². The van der Waals surface area contributed by atoms with Crippen molar-refractivity contribution in [3.63, 3.8) is 0 Å². The van der Waals surface area contributed by atoms with E-state index < -0.39 is 72.1 Å². The molecule has 0 radical (unpaired) electrons. The Balaban J connectivity index is 2.31. The molecule has 1 unspecified atom stereocenters. The van der Waals surface area contributed by atoms with Crippen LogP contribution in [0.4, 0.5) is 26.3 Å². The monoisotopic (exact) mass is 490 g/mol. The lowest BCUT2D eigenvalue weighted by molar-refractivity contribution is -0.141. The van der Waals surface area contributed by atoms with Gasteiger partial charge in [0.1, 0.15) is 22.5 Å². The number of pyridine rings is 2. The summed E-state index contributed by atoms with van der Waals surface area (Å²) in [6.07, 6.45) is -3.79. The molecule has 0 amide bonds. The molecule has 13 heteroatoms. The molecule has 1 atom stereocenters. The van der Waals surface area contributed by atoms with Gasteiger partial charge in [0.2, 0.25) is 0 Å². The van der Waals surface area contributed by atoms with E-state index in [1.54, 1.807) is 0 Å². The van der Waals surface area contributed by atoms with Crippen molar-refractivity contribution in [1.82, 2.24) is 9.97 Å². The number of hydrogen-bond donors (Lipinski definition) is 1. The lowest BCUT2D eigenvalue weighted by Gasteiger charge is -2.22. The number of sulfone groups is 1. The van der Waals surface area contributed by atoms with Crippen LogP contribution in [0.2, 0.25) is 0 Å². The molecule has 2 aromatic heterocycles. The van der Waals surface area contributed by atoms with E-state index in [0.29, 0.717) is 30.5 Å². The summed E-state index contributed by atoms with van der Waals surface area (Å²) in [5.41, 5.74) is -3.67. The number of benzene rings is 1. The van der Waals surface area contributed by atoms with Gasteiger partial charge < -0.3 is 5.11 Å². The Morgan fingerprint density at radius 2 is 1.64 bits per heavy atom. The largest absolute Gasteiger partial charge is 0.477 e. The molecule has 0 bridgehead atoms. The van der Waals surface area contributed by atoms with Crippen LogP contribution in [-0.4, -0.2) is 29.5 Å². The van der Waals surface area contributed by atoms with Gasteiger partial charge in [-0.1, -0.05) is 0 Å². The molecule has 0 aliphatic carbocycles. The van der Waals surface area contributed by atoms with Gasteiger partial charge in [-0.25, -0.2) is 31.4 Å². The predicted molar refractivity (Wildman–Crippen MR) is 101 cm³/mol. The second kappa shape index (κ2) is 8.46. The Labute approximate surface area is 182 Å². The Bertz CT molecular complexity index is 1340. The van der Waals surface area contributed by atoms with Gasteiger partial charge in [0.25, 0.3) is 0 Å². The molecular formula is C20H12F6N2O4S. The summed E-state index contributed by atoms with van der Waals surface area (Å²) in [6, 6.07) is 2.74. The molecule has 2 heterocycles. The third-order valence-electron chi connectivity index (χ3n) is 4.66. The van der Waals surface area contributed by atoms with E-state index in [1.165, 1.54) is 6.92 Å². The molecule has 0 aliphatic rings. The number of aromatic carboxylic acids is 1. The van der Waals surface area contributed by atoms with Gasteiger partial charge in [-0.3, -0.25) is 4.98 Å². The summed E-state index contributed by atoms with van der Waals surface area (Å²) in [5, 5.41) is 6.74. The number of hydrogen-bond acceptors (Lipinski definition) is 5. The van der Waals surface area contributed by atoms with Gasteiger partial charge in [0, 0.05) is 18.0 Å². The van der Waals surface area contributed by atoms with Crippen molar-refractivity contribution in [2.75, 3.05) is 0 Å². The number of rotatable bonds is 5. The van der Waals surface area contributed by atoms with Crippen molar-refractivity contribution in [2.45, 2.75) is 23.2 Å². The summed E-state index contributed by atoms with van der Waals surface area (Å²) in [6.45, 7) is 1.23. The SMILES string of the molecule is Cc1cc(C(=O)O)ncc1C(c1c(F)ccc(F)c1F)S(=O)(=O)c1ccc(C(F)(F)F)nc1. The zero-order valence-corrected chi connectivity index (χ0v) is 17.2. The van der Waals surface area contributed by atoms with Crippen molar-refractivity contribution in [1.29, 1.82) is 0 Å². The number of alkyl halides is 3. The number of aromatic nitrogens is 2. The lowest BCUT2D eigenvalue weighted by atomic mass is 10.00. The summed E-state index contributed by atoms with van der Waals surface area (Å²) >= 11 is 0. The van der Waals surface area contributed by atoms with Crippen molar-refractivity contribution in [3.8, 4) is 0 Å². The maximum Gasteiger partial charge on any atom is 0.433 e. The number of nitrogens with zero attached hydrogens (tertiary/aromatic N) is 2. The minimum atomic E-state index is -4.95. The first kappa shape index (κ1) is 24.2. The molecule has 174 valence electrons. The maximum atomic E-state index is 14.6. The number of carboxylic acids is 1. The molecule has 3 aromatic rings. The van der Waals surface area contributed by atoms with Crippen LogP contribution >= 0.6 is 0 Å². The predicted octanol–water partition coefficient (Wildman–Crippen LogP) is 4.48. The highest BCUT2D eigenvalue weighted by molar-refractivity contribution is 7.91. The van der Waals surface area contributed by atoms with Crippen LogP contribution in [0.15, 0.2) is 47.6 Å². The molecule has 0 fully saturated rings. The van der Waals surface area contributed by atoms with Crippen molar-refractivity contribution in [2.24, 2.45) is 0 Å². The van der Waals surface area contributed by atoms with E-state index in [4.69, 9.17) is 5.11 Å². The van der Waals surface area contributed by atoms with E-state index in [2.05, 4.69) is 9.97 Å². The van der Waals surface area contributed by atoms with Crippen molar-refractivity contribution >= 4 is 15.8 Å². The maximum absolute atomic E-state index is 14.6. The minimum absolute atomic E-state index is 0.0843. The standard InChI is InChI=1S/C20H12F6N2O4S/c1-9-6-14(19(29)30)27-8-11(9)18(16-12(21)3-4-13(22)17(16)23)33(31,32)10-2-5-15(28-7-10)20(24,25)26/h2-8,18H,1H3,(H,29,30). The van der Waals surface area contributed by atoms with Gasteiger partial charge in [0.15, 0.2) is 21.5 Å². The van der Waals surface area contributed by atoms with Crippen LogP contribution in [-0.2, 0) is 16.0 Å². The topological polar surface area (TPSA) is 97.2 Å². The molecule has 1 aromatic carbocycles. The third-order valence-corrected chi connectivity index (χ3v) is 6.67. The summed E-state index contributed by atoms with van der Waals surface area (Å²) in [7, 11) is -4.95. The quantitative estimate of drug-likeness (QED) is 0.419. The number of carboxylic acid groups (broad SMARTS) is 1. The third kappa shape index (κ3) is 4.53. The Morgan fingerprint density at radius 3 is 2.15 bits per heavy atom. The fraction of sp³-hybridized carbons (Fsp3) is 0.150. The van der Waals surface area contributed by atoms with Crippen LogP contribution < -0.4 is 0 Å². The van der Waals surface area contributed by atoms with E-state index in [9.17, 15) is 39.6 Å². The zero-order valence-electron chi connectivity index (χ0n) is 16.4. The molecule has 6 nitrogen and oxygen atoms in total. The minimum Gasteiger partial charge on any atom is -0.477 e. The number of carbonyl (C=O) groups is 1. The van der Waals surface area contributed by atoms with Crippen LogP contribution in [0.5, 0.6) is 0 Å². The Hall–Kier alpha value is -3.48. The molecule has 3 rings (SSSR count). The number of halogens is 6. The second-order valence-corrected chi connectivity index (χ2v) is 8.82. The van der Waals surface area contributed by atoms with Crippen LogP contribution in [0.1, 0.15) is 38.1 Å². The highest BCUT2D eigenvalue weighted by Gasteiger charge is 2.39. The average molecular weight is 490 g/mol. The van der Waals surface area contributed by atoms with E-state index in [1.807, 2.05) is 0 Å². The molecule has 0 saturated heterocycles. The van der Waals surface area contributed by atoms with E-state index >= 15 is 0 Å².